The molecule has 0 aromatic heterocycles. The molecule has 1 aliphatic rings. The van der Waals surface area contributed by atoms with E-state index in [9.17, 15) is 0 Å². The van der Waals surface area contributed by atoms with Gasteiger partial charge >= 0.3 is 0 Å². The van der Waals surface area contributed by atoms with Crippen molar-refractivity contribution in [1.82, 2.24) is 0 Å². The Bertz CT molecular complexity index is 348. The Kier molecular flexibility index (Phi) is 2.84. The summed E-state index contributed by atoms with van der Waals surface area (Å²) in [5.74, 6) is 0.485. The Hall–Kier alpha value is -1.29. The minimum absolute atomic E-state index is 0.485. The summed E-state index contributed by atoms with van der Waals surface area (Å²) in [6.07, 6.45) is 5.60. The van der Waals surface area contributed by atoms with Gasteiger partial charge in [0.15, 0.2) is 0 Å². The summed E-state index contributed by atoms with van der Waals surface area (Å²) in [7, 11) is 0. The Labute approximate surface area is 85.4 Å². The molecule has 1 heteroatoms. The van der Waals surface area contributed by atoms with Crippen molar-refractivity contribution in [2.45, 2.75) is 38.0 Å². The molecular weight excluding hydrogens is 170 g/mol. The first-order valence-corrected chi connectivity index (χ1v) is 5.36. The molecule has 2 rings (SSSR count). The van der Waals surface area contributed by atoms with Gasteiger partial charge in [-0.3, -0.25) is 0 Å². The monoisotopic (exact) mass is 185 g/mol. The van der Waals surface area contributed by atoms with E-state index < -0.39 is 0 Å². The lowest BCUT2D eigenvalue weighted by Crippen LogP contribution is -1.98. The molecule has 0 aliphatic heterocycles. The van der Waals surface area contributed by atoms with Crippen molar-refractivity contribution >= 4 is 0 Å². The van der Waals surface area contributed by atoms with Crippen molar-refractivity contribution in [3.63, 3.8) is 0 Å². The zero-order valence-electron chi connectivity index (χ0n) is 8.37. The zero-order chi connectivity index (χ0) is 9.80. The number of hydrogen-bond donors (Lipinski definition) is 0. The molecule has 0 saturated carbocycles. The van der Waals surface area contributed by atoms with Crippen molar-refractivity contribution in [3.05, 3.63) is 35.4 Å². The van der Waals surface area contributed by atoms with E-state index in [1.165, 1.54) is 36.8 Å². The Morgan fingerprint density at radius 3 is 3.00 bits per heavy atom. The predicted octanol–water partition coefficient (Wildman–Crippen LogP) is 3.41. The van der Waals surface area contributed by atoms with Crippen LogP contribution in [0.5, 0.6) is 0 Å². The Morgan fingerprint density at radius 1 is 1.29 bits per heavy atom. The maximum atomic E-state index is 8.79. The van der Waals surface area contributed by atoms with Crippen LogP contribution in [0.2, 0.25) is 0 Å². The molecule has 72 valence electrons. The van der Waals surface area contributed by atoms with Gasteiger partial charge in [-0.05, 0) is 36.3 Å². The third kappa shape index (κ3) is 1.80. The third-order valence-corrected chi connectivity index (χ3v) is 3.08. The molecular formula is C13H15N. The molecule has 1 atom stereocenters. The Balaban J connectivity index is 2.33. The average Bonchev–Trinajstić information content (AvgIpc) is 2.42. The topological polar surface area (TPSA) is 23.8 Å². The van der Waals surface area contributed by atoms with Gasteiger partial charge in [-0.15, -0.1) is 0 Å². The number of fused-ring (bicyclic) bond motifs is 1. The highest BCUT2D eigenvalue weighted by molar-refractivity contribution is 5.32. The highest BCUT2D eigenvalue weighted by Gasteiger charge is 2.17. The summed E-state index contributed by atoms with van der Waals surface area (Å²) in [6, 6.07) is 10.9. The molecule has 0 radical (unpaired) electrons. The normalized spacial score (nSPS) is 20.6. The second kappa shape index (κ2) is 4.28. The van der Waals surface area contributed by atoms with Crippen LogP contribution in [-0.4, -0.2) is 0 Å². The average molecular weight is 185 g/mol. The van der Waals surface area contributed by atoms with E-state index in [2.05, 4.69) is 30.3 Å². The lowest BCUT2D eigenvalue weighted by molar-refractivity contribution is 0.605. The molecule has 0 heterocycles. The number of rotatable bonds is 1. The fourth-order valence-electron chi connectivity index (χ4n) is 2.34. The molecule has 1 aromatic rings. The lowest BCUT2D eigenvalue weighted by atomic mass is 9.90. The van der Waals surface area contributed by atoms with Gasteiger partial charge in [0.05, 0.1) is 6.07 Å². The van der Waals surface area contributed by atoms with Crippen LogP contribution in [0, 0.1) is 11.3 Å². The van der Waals surface area contributed by atoms with Crippen LogP contribution in [0.4, 0.5) is 0 Å². The standard InChI is InChI=1S/C13H15N/c14-10-9-12-7-2-1-5-11-6-3-4-8-13(11)12/h3-4,6,8,12H,1-2,5,7,9H2. The van der Waals surface area contributed by atoms with Crippen LogP contribution >= 0.6 is 0 Å². The summed E-state index contributed by atoms with van der Waals surface area (Å²) < 4.78 is 0. The molecule has 1 unspecified atom stereocenters. The van der Waals surface area contributed by atoms with Crippen LogP contribution in [0.1, 0.15) is 42.7 Å². The maximum absolute atomic E-state index is 8.79. The SMILES string of the molecule is N#CCC1CCCCc2ccccc21. The highest BCUT2D eigenvalue weighted by atomic mass is 14.3. The van der Waals surface area contributed by atoms with Crippen LogP contribution in [-0.2, 0) is 6.42 Å². The number of nitrogens with zero attached hydrogens (tertiary/aromatic N) is 1. The quantitative estimate of drug-likeness (QED) is 0.615. The first-order valence-electron chi connectivity index (χ1n) is 5.36. The van der Waals surface area contributed by atoms with Crippen LogP contribution in [0.25, 0.3) is 0 Å². The largest absolute Gasteiger partial charge is 0.198 e. The van der Waals surface area contributed by atoms with Gasteiger partial charge in [0.1, 0.15) is 0 Å². The van der Waals surface area contributed by atoms with Crippen LogP contribution in [0.3, 0.4) is 0 Å². The van der Waals surface area contributed by atoms with Gasteiger partial charge in [-0.25, -0.2) is 0 Å². The van der Waals surface area contributed by atoms with Crippen molar-refractivity contribution in [2.24, 2.45) is 0 Å². The van der Waals surface area contributed by atoms with E-state index in [0.717, 1.165) is 0 Å². The number of nitriles is 1. The van der Waals surface area contributed by atoms with Gasteiger partial charge < -0.3 is 0 Å². The zero-order valence-corrected chi connectivity index (χ0v) is 8.37. The fourth-order valence-corrected chi connectivity index (χ4v) is 2.34. The third-order valence-electron chi connectivity index (χ3n) is 3.08. The van der Waals surface area contributed by atoms with Crippen molar-refractivity contribution in [3.8, 4) is 6.07 Å². The molecule has 1 aliphatic carbocycles. The van der Waals surface area contributed by atoms with Crippen molar-refractivity contribution < 1.29 is 0 Å². The van der Waals surface area contributed by atoms with E-state index >= 15 is 0 Å². The van der Waals surface area contributed by atoms with Gasteiger partial charge in [-0.2, -0.15) is 5.26 Å². The van der Waals surface area contributed by atoms with Crippen LogP contribution < -0.4 is 0 Å². The number of hydrogen-bond acceptors (Lipinski definition) is 1. The molecule has 0 fully saturated rings. The summed E-state index contributed by atoms with van der Waals surface area (Å²) >= 11 is 0. The first-order chi connectivity index (χ1) is 6.92. The highest BCUT2D eigenvalue weighted by Crippen LogP contribution is 2.32. The summed E-state index contributed by atoms with van der Waals surface area (Å²) in [5.41, 5.74) is 2.89. The maximum Gasteiger partial charge on any atom is 0.0628 e. The summed E-state index contributed by atoms with van der Waals surface area (Å²) in [4.78, 5) is 0. The van der Waals surface area contributed by atoms with Crippen molar-refractivity contribution in [2.75, 3.05) is 0 Å². The molecule has 1 nitrogen and oxygen atoms in total. The minimum atomic E-state index is 0.485. The van der Waals surface area contributed by atoms with Gasteiger partial charge in [0.2, 0.25) is 0 Å². The van der Waals surface area contributed by atoms with Crippen LogP contribution in [0.15, 0.2) is 24.3 Å². The first kappa shape index (κ1) is 9.27. The molecule has 0 N–H and O–H groups in total. The predicted molar refractivity (Wildman–Crippen MR) is 57.0 cm³/mol. The van der Waals surface area contributed by atoms with E-state index in [0.29, 0.717) is 12.3 Å². The molecule has 0 bridgehead atoms. The summed E-state index contributed by atoms with van der Waals surface area (Å²) in [5, 5.41) is 8.79. The molecule has 0 amide bonds. The molecule has 14 heavy (non-hydrogen) atoms. The molecule has 0 saturated heterocycles. The van der Waals surface area contributed by atoms with Gasteiger partial charge in [0.25, 0.3) is 0 Å². The van der Waals surface area contributed by atoms with E-state index in [1.54, 1.807) is 0 Å². The van der Waals surface area contributed by atoms with Crippen molar-refractivity contribution in [1.29, 1.82) is 5.26 Å². The fraction of sp³-hybridized carbons (Fsp3) is 0.462. The number of aryl methyl sites for hydroxylation is 1. The molecule has 0 spiro atoms. The van der Waals surface area contributed by atoms with Gasteiger partial charge in [0, 0.05) is 6.42 Å². The van der Waals surface area contributed by atoms with Gasteiger partial charge in [-0.1, -0.05) is 30.7 Å². The molecule has 1 aromatic carbocycles. The second-order valence-corrected chi connectivity index (χ2v) is 4.00. The lowest BCUT2D eigenvalue weighted by Gasteiger charge is -2.13. The Morgan fingerprint density at radius 2 is 2.14 bits per heavy atom. The summed E-state index contributed by atoms with van der Waals surface area (Å²) in [6.45, 7) is 0. The van der Waals surface area contributed by atoms with E-state index in [-0.39, 0.29) is 0 Å². The van der Waals surface area contributed by atoms with E-state index in [1.807, 2.05) is 0 Å². The second-order valence-electron chi connectivity index (χ2n) is 4.00. The number of benzene rings is 1. The smallest absolute Gasteiger partial charge is 0.0628 e. The van der Waals surface area contributed by atoms with E-state index in [4.69, 9.17) is 5.26 Å². The minimum Gasteiger partial charge on any atom is -0.198 e.